The molecule has 2 heterocycles. The van der Waals surface area contributed by atoms with Crippen LogP contribution in [0.25, 0.3) is 0 Å². The standard InChI is InChI=1S/C25H25FN4/c26-23-7-3-20(4-8-23)21-9-13-29(14-10-21)17-24-16-28-18-30(24)25(11-12-25)22-5-1-19(15-27)2-6-22/h1-8,16,18,21H,9-14,17H2. The number of likely N-dealkylation sites (tertiary alicyclic amines) is 1. The topological polar surface area (TPSA) is 44.9 Å². The number of nitriles is 1. The summed E-state index contributed by atoms with van der Waals surface area (Å²) in [5.41, 5.74) is 4.45. The summed E-state index contributed by atoms with van der Waals surface area (Å²) < 4.78 is 15.5. The molecular formula is C25H25FN4. The summed E-state index contributed by atoms with van der Waals surface area (Å²) in [6.07, 6.45) is 8.37. The molecule has 30 heavy (non-hydrogen) atoms. The fourth-order valence-corrected chi connectivity index (χ4v) is 4.86. The molecule has 0 atom stereocenters. The lowest BCUT2D eigenvalue weighted by molar-refractivity contribution is 0.199. The van der Waals surface area contributed by atoms with Gasteiger partial charge in [-0.25, -0.2) is 9.37 Å². The summed E-state index contributed by atoms with van der Waals surface area (Å²) in [5, 5.41) is 9.07. The van der Waals surface area contributed by atoms with E-state index in [0.717, 1.165) is 45.3 Å². The molecule has 5 heteroatoms. The summed E-state index contributed by atoms with van der Waals surface area (Å²) in [4.78, 5) is 6.97. The molecule has 1 aliphatic carbocycles. The van der Waals surface area contributed by atoms with Crippen LogP contribution in [-0.2, 0) is 12.1 Å². The summed E-state index contributed by atoms with van der Waals surface area (Å²) in [6.45, 7) is 2.97. The predicted molar refractivity (Wildman–Crippen MR) is 113 cm³/mol. The summed E-state index contributed by atoms with van der Waals surface area (Å²) in [5.74, 6) is 0.348. The number of halogens is 1. The lowest BCUT2D eigenvalue weighted by Gasteiger charge is -2.33. The molecular weight excluding hydrogens is 375 g/mol. The molecule has 0 N–H and O–H groups in total. The first kappa shape index (κ1) is 19.0. The van der Waals surface area contributed by atoms with Crippen LogP contribution in [0.15, 0.2) is 61.1 Å². The van der Waals surface area contributed by atoms with Crippen molar-refractivity contribution in [3.8, 4) is 6.07 Å². The molecule has 152 valence electrons. The lowest BCUT2D eigenvalue weighted by Crippen LogP contribution is -2.34. The molecule has 1 saturated carbocycles. The molecule has 2 aliphatic rings. The van der Waals surface area contributed by atoms with Crippen LogP contribution in [0.4, 0.5) is 4.39 Å². The van der Waals surface area contributed by atoms with E-state index in [1.54, 1.807) is 12.1 Å². The van der Waals surface area contributed by atoms with Crippen LogP contribution in [0.2, 0.25) is 0 Å². The molecule has 2 aromatic carbocycles. The predicted octanol–water partition coefficient (Wildman–Crippen LogP) is 4.81. The Labute approximate surface area is 176 Å². The Balaban J connectivity index is 1.27. The molecule has 1 aromatic heterocycles. The summed E-state index contributed by atoms with van der Waals surface area (Å²) in [6, 6.07) is 17.2. The largest absolute Gasteiger partial charge is 0.323 e. The van der Waals surface area contributed by atoms with Crippen molar-refractivity contribution in [1.82, 2.24) is 14.5 Å². The van der Waals surface area contributed by atoms with Gasteiger partial charge in [-0.1, -0.05) is 24.3 Å². The van der Waals surface area contributed by atoms with Gasteiger partial charge in [0.25, 0.3) is 0 Å². The molecule has 0 unspecified atom stereocenters. The third-order valence-corrected chi connectivity index (χ3v) is 6.77. The van der Waals surface area contributed by atoms with E-state index in [0.29, 0.717) is 11.5 Å². The van der Waals surface area contributed by atoms with Gasteiger partial charge >= 0.3 is 0 Å². The maximum Gasteiger partial charge on any atom is 0.123 e. The van der Waals surface area contributed by atoms with E-state index in [2.05, 4.69) is 32.7 Å². The summed E-state index contributed by atoms with van der Waals surface area (Å²) in [7, 11) is 0. The molecule has 4 nitrogen and oxygen atoms in total. The fraction of sp³-hybridized carbons (Fsp3) is 0.360. The maximum absolute atomic E-state index is 13.2. The highest BCUT2D eigenvalue weighted by Crippen LogP contribution is 2.50. The molecule has 2 fully saturated rings. The molecule has 0 radical (unpaired) electrons. The van der Waals surface area contributed by atoms with E-state index in [-0.39, 0.29) is 11.4 Å². The average molecular weight is 401 g/mol. The normalized spacial score (nSPS) is 18.8. The van der Waals surface area contributed by atoms with Gasteiger partial charge in [0, 0.05) is 12.7 Å². The van der Waals surface area contributed by atoms with Gasteiger partial charge < -0.3 is 4.57 Å². The number of benzene rings is 2. The molecule has 3 aromatic rings. The van der Waals surface area contributed by atoms with Gasteiger partial charge in [-0.2, -0.15) is 5.26 Å². The quantitative estimate of drug-likeness (QED) is 0.617. The Morgan fingerprint density at radius 3 is 2.37 bits per heavy atom. The molecule has 0 amide bonds. The maximum atomic E-state index is 13.2. The van der Waals surface area contributed by atoms with Gasteiger partial charge in [0.1, 0.15) is 5.82 Å². The number of hydrogen-bond acceptors (Lipinski definition) is 3. The Hall–Kier alpha value is -2.97. The zero-order valence-electron chi connectivity index (χ0n) is 17.0. The van der Waals surface area contributed by atoms with Crippen molar-refractivity contribution in [2.75, 3.05) is 13.1 Å². The zero-order chi connectivity index (χ0) is 20.6. The molecule has 1 saturated heterocycles. The highest BCUT2D eigenvalue weighted by Gasteiger charge is 2.47. The van der Waals surface area contributed by atoms with Crippen LogP contribution in [0, 0.1) is 17.1 Å². The number of hydrogen-bond donors (Lipinski definition) is 0. The number of aromatic nitrogens is 2. The Morgan fingerprint density at radius 2 is 1.73 bits per heavy atom. The van der Waals surface area contributed by atoms with Gasteiger partial charge in [0.05, 0.1) is 29.2 Å². The highest BCUT2D eigenvalue weighted by molar-refractivity contribution is 5.38. The van der Waals surface area contributed by atoms with Crippen molar-refractivity contribution in [3.05, 3.63) is 89.3 Å². The minimum Gasteiger partial charge on any atom is -0.323 e. The minimum absolute atomic E-state index is 0.00769. The van der Waals surface area contributed by atoms with Crippen molar-refractivity contribution >= 4 is 0 Å². The monoisotopic (exact) mass is 400 g/mol. The second kappa shape index (κ2) is 7.70. The number of rotatable bonds is 5. The van der Waals surface area contributed by atoms with Gasteiger partial charge in [0.15, 0.2) is 0 Å². The van der Waals surface area contributed by atoms with Gasteiger partial charge in [-0.05, 0) is 80.1 Å². The SMILES string of the molecule is N#Cc1ccc(C2(n3cncc3CN3CCC(c4ccc(F)cc4)CC3)CC2)cc1. The van der Waals surface area contributed by atoms with E-state index < -0.39 is 0 Å². The van der Waals surface area contributed by atoms with Crippen molar-refractivity contribution < 1.29 is 4.39 Å². The van der Waals surface area contributed by atoms with E-state index in [9.17, 15) is 4.39 Å². The van der Waals surface area contributed by atoms with E-state index >= 15 is 0 Å². The number of piperidine rings is 1. The van der Waals surface area contributed by atoms with Crippen molar-refractivity contribution in [2.24, 2.45) is 0 Å². The van der Waals surface area contributed by atoms with E-state index in [1.807, 2.05) is 36.8 Å². The highest BCUT2D eigenvalue weighted by atomic mass is 19.1. The van der Waals surface area contributed by atoms with Crippen LogP contribution in [-0.4, -0.2) is 27.5 Å². The van der Waals surface area contributed by atoms with Crippen molar-refractivity contribution in [2.45, 2.75) is 43.7 Å². The van der Waals surface area contributed by atoms with Crippen LogP contribution in [0.5, 0.6) is 0 Å². The second-order valence-corrected chi connectivity index (χ2v) is 8.58. The first-order valence-corrected chi connectivity index (χ1v) is 10.7. The van der Waals surface area contributed by atoms with Crippen molar-refractivity contribution in [3.63, 3.8) is 0 Å². The zero-order valence-corrected chi connectivity index (χ0v) is 17.0. The number of nitrogens with zero attached hydrogens (tertiary/aromatic N) is 4. The molecule has 0 bridgehead atoms. The fourth-order valence-electron chi connectivity index (χ4n) is 4.86. The second-order valence-electron chi connectivity index (χ2n) is 8.58. The Kier molecular flexibility index (Phi) is 4.88. The van der Waals surface area contributed by atoms with Crippen LogP contribution in [0.3, 0.4) is 0 Å². The third kappa shape index (κ3) is 3.53. The number of imidazole rings is 1. The Morgan fingerprint density at radius 1 is 1.03 bits per heavy atom. The first-order chi connectivity index (χ1) is 14.7. The molecule has 0 spiro atoms. The molecule has 5 rings (SSSR count). The van der Waals surface area contributed by atoms with Gasteiger partial charge in [-0.3, -0.25) is 4.90 Å². The molecule has 1 aliphatic heterocycles. The lowest BCUT2D eigenvalue weighted by atomic mass is 9.89. The van der Waals surface area contributed by atoms with Crippen LogP contribution in [0.1, 0.15) is 54.0 Å². The minimum atomic E-state index is -0.166. The smallest absolute Gasteiger partial charge is 0.123 e. The van der Waals surface area contributed by atoms with E-state index in [4.69, 9.17) is 5.26 Å². The first-order valence-electron chi connectivity index (χ1n) is 10.7. The third-order valence-electron chi connectivity index (χ3n) is 6.77. The van der Waals surface area contributed by atoms with Crippen LogP contribution >= 0.6 is 0 Å². The van der Waals surface area contributed by atoms with E-state index in [1.165, 1.54) is 16.8 Å². The van der Waals surface area contributed by atoms with Gasteiger partial charge in [0.2, 0.25) is 0 Å². The van der Waals surface area contributed by atoms with Crippen molar-refractivity contribution in [1.29, 1.82) is 5.26 Å². The Bertz CT molecular complexity index is 1050. The van der Waals surface area contributed by atoms with Gasteiger partial charge in [-0.15, -0.1) is 0 Å². The van der Waals surface area contributed by atoms with Crippen LogP contribution < -0.4 is 0 Å². The summed E-state index contributed by atoms with van der Waals surface area (Å²) >= 11 is 0. The average Bonchev–Trinajstić information content (AvgIpc) is 3.47.